The van der Waals surface area contributed by atoms with Crippen molar-refractivity contribution in [3.8, 4) is 0 Å². The van der Waals surface area contributed by atoms with Gasteiger partial charge in [-0.3, -0.25) is 0 Å². The van der Waals surface area contributed by atoms with Gasteiger partial charge in [0.1, 0.15) is 0 Å². The van der Waals surface area contributed by atoms with Crippen molar-refractivity contribution >= 4 is 6.21 Å². The minimum absolute atomic E-state index is 0.717. The molecule has 0 amide bonds. The fraction of sp³-hybridized carbons (Fsp3) is 0.333. The number of allylic oxidation sites excluding steroid dienone is 5. The first kappa shape index (κ1) is 11.7. The lowest BCUT2D eigenvalue weighted by atomic mass is 10.0. The number of hydrogen-bond donors (Lipinski definition) is 1. The summed E-state index contributed by atoms with van der Waals surface area (Å²) in [6.45, 7) is 7.56. The van der Waals surface area contributed by atoms with Gasteiger partial charge in [0.25, 0.3) is 0 Å². The molecule has 0 aliphatic heterocycles. The summed E-state index contributed by atoms with van der Waals surface area (Å²) in [6.07, 6.45) is 9.04. The SMILES string of the molecule is C=C=CC(C)=C(CC=N)CC=CC. The fourth-order valence-electron chi connectivity index (χ4n) is 1.04. The summed E-state index contributed by atoms with van der Waals surface area (Å²) in [6, 6.07) is 0. The van der Waals surface area contributed by atoms with E-state index in [4.69, 9.17) is 5.41 Å². The van der Waals surface area contributed by atoms with Gasteiger partial charge in [-0.2, -0.15) is 0 Å². The highest BCUT2D eigenvalue weighted by atomic mass is 14.3. The monoisotopic (exact) mass is 175 g/mol. The van der Waals surface area contributed by atoms with E-state index in [0.717, 1.165) is 12.0 Å². The Morgan fingerprint density at radius 2 is 2.15 bits per heavy atom. The van der Waals surface area contributed by atoms with Crippen molar-refractivity contribution in [2.24, 2.45) is 0 Å². The van der Waals surface area contributed by atoms with Crippen LogP contribution in [0.2, 0.25) is 0 Å². The summed E-state index contributed by atoms with van der Waals surface area (Å²) in [7, 11) is 0. The third kappa shape index (κ3) is 5.00. The van der Waals surface area contributed by atoms with Crippen LogP contribution in [0, 0.1) is 5.41 Å². The van der Waals surface area contributed by atoms with Crippen LogP contribution in [-0.4, -0.2) is 6.21 Å². The molecule has 0 bridgehead atoms. The summed E-state index contributed by atoms with van der Waals surface area (Å²) < 4.78 is 0. The molecule has 0 fully saturated rings. The lowest BCUT2D eigenvalue weighted by molar-refractivity contribution is 1.10. The van der Waals surface area contributed by atoms with E-state index in [9.17, 15) is 0 Å². The summed E-state index contributed by atoms with van der Waals surface area (Å²) >= 11 is 0. The van der Waals surface area contributed by atoms with Crippen molar-refractivity contribution < 1.29 is 0 Å². The number of rotatable bonds is 5. The first-order valence-corrected chi connectivity index (χ1v) is 4.40. The Morgan fingerprint density at radius 3 is 2.62 bits per heavy atom. The normalized spacial score (nSPS) is 12.2. The van der Waals surface area contributed by atoms with E-state index in [2.05, 4.69) is 18.4 Å². The molecule has 0 aromatic rings. The smallest absolute Gasteiger partial charge is 0.00392 e. The summed E-state index contributed by atoms with van der Waals surface area (Å²) in [5, 5.41) is 7.06. The Kier molecular flexibility index (Phi) is 6.58. The highest BCUT2D eigenvalue weighted by molar-refractivity contribution is 5.58. The highest BCUT2D eigenvalue weighted by Gasteiger charge is 1.96. The molecule has 0 radical (unpaired) electrons. The van der Waals surface area contributed by atoms with Crippen molar-refractivity contribution in [1.29, 1.82) is 5.41 Å². The van der Waals surface area contributed by atoms with E-state index in [0.29, 0.717) is 6.42 Å². The van der Waals surface area contributed by atoms with Crippen LogP contribution < -0.4 is 0 Å². The number of nitrogens with one attached hydrogen (secondary N) is 1. The highest BCUT2D eigenvalue weighted by Crippen LogP contribution is 2.13. The van der Waals surface area contributed by atoms with Crippen LogP contribution >= 0.6 is 0 Å². The van der Waals surface area contributed by atoms with E-state index in [1.165, 1.54) is 11.8 Å². The fourth-order valence-corrected chi connectivity index (χ4v) is 1.04. The molecular weight excluding hydrogens is 158 g/mol. The van der Waals surface area contributed by atoms with E-state index in [1.807, 2.05) is 26.0 Å². The van der Waals surface area contributed by atoms with Gasteiger partial charge in [-0.25, -0.2) is 0 Å². The molecule has 1 nitrogen and oxygen atoms in total. The second kappa shape index (κ2) is 7.33. The minimum Gasteiger partial charge on any atom is -0.313 e. The largest absolute Gasteiger partial charge is 0.313 e. The molecule has 0 aromatic carbocycles. The van der Waals surface area contributed by atoms with Gasteiger partial charge in [0, 0.05) is 6.42 Å². The molecule has 0 aromatic heterocycles. The molecular formula is C12H17N. The maximum absolute atomic E-state index is 7.06. The minimum atomic E-state index is 0.717. The Hall–Kier alpha value is -1.33. The van der Waals surface area contributed by atoms with Gasteiger partial charge in [0.2, 0.25) is 0 Å². The molecule has 13 heavy (non-hydrogen) atoms. The van der Waals surface area contributed by atoms with Crippen LogP contribution in [-0.2, 0) is 0 Å². The predicted molar refractivity (Wildman–Crippen MR) is 59.2 cm³/mol. The van der Waals surface area contributed by atoms with Crippen LogP contribution in [0.25, 0.3) is 0 Å². The van der Waals surface area contributed by atoms with E-state index in [-0.39, 0.29) is 0 Å². The maximum atomic E-state index is 7.06. The van der Waals surface area contributed by atoms with Crippen LogP contribution in [0.15, 0.2) is 41.7 Å². The Morgan fingerprint density at radius 1 is 1.46 bits per heavy atom. The van der Waals surface area contributed by atoms with Crippen molar-refractivity contribution in [2.75, 3.05) is 0 Å². The van der Waals surface area contributed by atoms with Crippen LogP contribution in [0.1, 0.15) is 26.7 Å². The lowest BCUT2D eigenvalue weighted by Crippen LogP contribution is -1.87. The van der Waals surface area contributed by atoms with E-state index in [1.54, 1.807) is 0 Å². The van der Waals surface area contributed by atoms with Gasteiger partial charge in [0.05, 0.1) is 0 Å². The van der Waals surface area contributed by atoms with Crippen molar-refractivity contribution in [2.45, 2.75) is 26.7 Å². The lowest BCUT2D eigenvalue weighted by Gasteiger charge is -2.03. The first-order valence-electron chi connectivity index (χ1n) is 4.40. The molecule has 1 heteroatoms. The zero-order valence-electron chi connectivity index (χ0n) is 8.43. The molecule has 0 atom stereocenters. The Balaban J connectivity index is 4.63. The zero-order chi connectivity index (χ0) is 10.1. The first-order chi connectivity index (χ1) is 6.26. The third-order valence-corrected chi connectivity index (χ3v) is 1.82. The predicted octanol–water partition coefficient (Wildman–Crippen LogP) is 3.65. The van der Waals surface area contributed by atoms with Crippen LogP contribution in [0.4, 0.5) is 0 Å². The zero-order valence-corrected chi connectivity index (χ0v) is 8.43. The summed E-state index contributed by atoms with van der Waals surface area (Å²) in [5.74, 6) is 0. The molecule has 70 valence electrons. The summed E-state index contributed by atoms with van der Waals surface area (Å²) in [5.41, 5.74) is 5.17. The van der Waals surface area contributed by atoms with Gasteiger partial charge >= 0.3 is 0 Å². The molecule has 0 spiro atoms. The summed E-state index contributed by atoms with van der Waals surface area (Å²) in [4.78, 5) is 0. The van der Waals surface area contributed by atoms with Gasteiger partial charge in [0.15, 0.2) is 0 Å². The Bertz CT molecular complexity index is 263. The van der Waals surface area contributed by atoms with E-state index < -0.39 is 0 Å². The quantitative estimate of drug-likeness (QED) is 0.285. The topological polar surface area (TPSA) is 23.9 Å². The van der Waals surface area contributed by atoms with Gasteiger partial charge in [-0.05, 0) is 38.1 Å². The van der Waals surface area contributed by atoms with Crippen molar-refractivity contribution in [3.05, 3.63) is 41.7 Å². The molecule has 0 aliphatic rings. The average Bonchev–Trinajstić information content (AvgIpc) is 2.12. The number of hydrogen-bond acceptors (Lipinski definition) is 1. The Labute approximate surface area is 80.7 Å². The van der Waals surface area contributed by atoms with Gasteiger partial charge < -0.3 is 5.41 Å². The molecule has 1 N–H and O–H groups in total. The van der Waals surface area contributed by atoms with Gasteiger partial charge in [-0.1, -0.05) is 24.3 Å². The molecule has 0 aliphatic carbocycles. The van der Waals surface area contributed by atoms with E-state index >= 15 is 0 Å². The standard InChI is InChI=1S/C12H17N/c1-4-6-8-12(9-10-13)11(3)7-5-2/h4,6-7,10,13H,2,8-9H2,1,3H3. The third-order valence-electron chi connectivity index (χ3n) is 1.82. The molecule has 0 rings (SSSR count). The van der Waals surface area contributed by atoms with Crippen molar-refractivity contribution in [1.82, 2.24) is 0 Å². The van der Waals surface area contributed by atoms with Crippen LogP contribution in [0.5, 0.6) is 0 Å². The second-order valence-electron chi connectivity index (χ2n) is 2.82. The maximum Gasteiger partial charge on any atom is 0.00392 e. The molecule has 0 saturated carbocycles. The van der Waals surface area contributed by atoms with Crippen molar-refractivity contribution in [3.63, 3.8) is 0 Å². The van der Waals surface area contributed by atoms with Gasteiger partial charge in [-0.15, -0.1) is 5.73 Å². The molecule has 0 unspecified atom stereocenters. The van der Waals surface area contributed by atoms with Crippen LogP contribution in [0.3, 0.4) is 0 Å². The average molecular weight is 175 g/mol. The second-order valence-corrected chi connectivity index (χ2v) is 2.82. The molecule has 0 heterocycles. The molecule has 0 saturated heterocycles.